The molecule has 140 valence electrons. The highest BCUT2D eigenvalue weighted by molar-refractivity contribution is 7.09. The number of methoxy groups -OCH3 is 1. The molecular formula is C19H24ClN3O2S. The number of benzene rings is 1. The molecule has 2 aliphatic heterocycles. The largest absolute Gasteiger partial charge is 0.497 e. The number of fused-ring (bicyclic) bond motifs is 1. The first kappa shape index (κ1) is 19.1. The number of carbonyl (C=O) groups is 1. The number of hydrogen-bond acceptors (Lipinski definition) is 5. The van der Waals surface area contributed by atoms with E-state index in [1.54, 1.807) is 18.4 Å². The van der Waals surface area contributed by atoms with Crippen LogP contribution in [-0.2, 0) is 11.2 Å². The summed E-state index contributed by atoms with van der Waals surface area (Å²) in [6.45, 7) is 4.78. The lowest BCUT2D eigenvalue weighted by Crippen LogP contribution is -2.35. The molecule has 0 aliphatic carbocycles. The molecule has 0 saturated carbocycles. The maximum absolute atomic E-state index is 13.0. The average molecular weight is 394 g/mol. The maximum atomic E-state index is 13.0. The fraction of sp³-hybridized carbons (Fsp3) is 0.474. The summed E-state index contributed by atoms with van der Waals surface area (Å²) in [5.41, 5.74) is 2.08. The second-order valence-electron chi connectivity index (χ2n) is 6.88. The molecule has 2 fully saturated rings. The standard InChI is InChI=1S/C19H23N3O2S.ClH/c1-12-21-15(11-25-12)7-18(23)22-10-14-8-20-9-17(14)19(22)13-3-5-16(24-2)6-4-13;/h3-6,11,14,17,19-20H,7-10H2,1-2H3;1H/t14-,17-,19-;/m0./s1. The zero-order valence-corrected chi connectivity index (χ0v) is 16.6. The Morgan fingerprint density at radius 2 is 2.12 bits per heavy atom. The molecule has 3 atom stereocenters. The minimum atomic E-state index is 0. The molecule has 0 unspecified atom stereocenters. The van der Waals surface area contributed by atoms with Gasteiger partial charge in [0.05, 0.1) is 30.3 Å². The highest BCUT2D eigenvalue weighted by Crippen LogP contribution is 2.43. The Morgan fingerprint density at radius 1 is 1.35 bits per heavy atom. The van der Waals surface area contributed by atoms with Crippen molar-refractivity contribution in [1.29, 1.82) is 0 Å². The Balaban J connectivity index is 0.00000196. The summed E-state index contributed by atoms with van der Waals surface area (Å²) in [5, 5.41) is 6.49. The van der Waals surface area contributed by atoms with Gasteiger partial charge in [-0.3, -0.25) is 4.79 Å². The molecule has 1 aromatic carbocycles. The fourth-order valence-electron chi connectivity index (χ4n) is 4.15. The summed E-state index contributed by atoms with van der Waals surface area (Å²) in [6.07, 6.45) is 0.393. The first-order chi connectivity index (χ1) is 12.2. The van der Waals surface area contributed by atoms with E-state index in [4.69, 9.17) is 4.74 Å². The van der Waals surface area contributed by atoms with Crippen molar-refractivity contribution in [3.8, 4) is 5.75 Å². The molecule has 26 heavy (non-hydrogen) atoms. The van der Waals surface area contributed by atoms with Gasteiger partial charge in [0, 0.05) is 30.9 Å². The highest BCUT2D eigenvalue weighted by Gasteiger charge is 2.46. The van der Waals surface area contributed by atoms with Crippen LogP contribution >= 0.6 is 23.7 Å². The second kappa shape index (κ2) is 7.94. The minimum Gasteiger partial charge on any atom is -0.497 e. The summed E-state index contributed by atoms with van der Waals surface area (Å²) in [7, 11) is 1.67. The number of halogens is 1. The Kier molecular flexibility index (Phi) is 5.85. The average Bonchev–Trinajstić information content (AvgIpc) is 3.30. The number of aryl methyl sites for hydroxylation is 1. The molecule has 0 spiro atoms. The Hall–Kier alpha value is -1.63. The predicted molar refractivity (Wildman–Crippen MR) is 105 cm³/mol. The van der Waals surface area contributed by atoms with Crippen molar-refractivity contribution in [3.63, 3.8) is 0 Å². The molecule has 0 radical (unpaired) electrons. The molecule has 0 bridgehead atoms. The molecule has 2 aromatic rings. The van der Waals surface area contributed by atoms with E-state index in [1.165, 1.54) is 5.56 Å². The quantitative estimate of drug-likeness (QED) is 0.867. The number of ether oxygens (including phenoxy) is 1. The van der Waals surface area contributed by atoms with Crippen LogP contribution in [0.1, 0.15) is 22.3 Å². The maximum Gasteiger partial charge on any atom is 0.229 e. The molecule has 7 heteroatoms. The second-order valence-corrected chi connectivity index (χ2v) is 7.94. The van der Waals surface area contributed by atoms with Gasteiger partial charge < -0.3 is 15.0 Å². The van der Waals surface area contributed by atoms with E-state index in [0.29, 0.717) is 18.3 Å². The smallest absolute Gasteiger partial charge is 0.229 e. The van der Waals surface area contributed by atoms with Crippen LogP contribution in [0.5, 0.6) is 5.75 Å². The van der Waals surface area contributed by atoms with Gasteiger partial charge in [0.25, 0.3) is 0 Å². The third-order valence-electron chi connectivity index (χ3n) is 5.34. The fourth-order valence-corrected chi connectivity index (χ4v) is 4.76. The SMILES string of the molecule is COc1ccc([C@H]2[C@H]3CNC[C@H]3CN2C(=O)Cc2csc(C)n2)cc1.Cl. The number of thiazole rings is 1. The van der Waals surface area contributed by atoms with Crippen molar-refractivity contribution >= 4 is 29.7 Å². The van der Waals surface area contributed by atoms with Crippen molar-refractivity contribution in [2.45, 2.75) is 19.4 Å². The van der Waals surface area contributed by atoms with Gasteiger partial charge in [-0.2, -0.15) is 0 Å². The van der Waals surface area contributed by atoms with Gasteiger partial charge in [-0.05, 0) is 30.5 Å². The molecule has 2 aliphatic rings. The molecule has 1 N–H and O–H groups in total. The third-order valence-corrected chi connectivity index (χ3v) is 6.16. The zero-order chi connectivity index (χ0) is 17.4. The van der Waals surface area contributed by atoms with E-state index in [1.807, 2.05) is 24.4 Å². The highest BCUT2D eigenvalue weighted by atomic mass is 35.5. The van der Waals surface area contributed by atoms with E-state index in [9.17, 15) is 4.79 Å². The summed E-state index contributed by atoms with van der Waals surface area (Å²) >= 11 is 1.60. The van der Waals surface area contributed by atoms with Crippen LogP contribution in [0, 0.1) is 18.8 Å². The number of nitrogens with one attached hydrogen (secondary N) is 1. The summed E-state index contributed by atoms with van der Waals surface area (Å²) in [6, 6.07) is 8.29. The lowest BCUT2D eigenvalue weighted by molar-refractivity contribution is -0.132. The molecule has 1 aromatic heterocycles. The van der Waals surface area contributed by atoms with Crippen molar-refractivity contribution in [2.24, 2.45) is 11.8 Å². The van der Waals surface area contributed by atoms with Gasteiger partial charge in [-0.1, -0.05) is 12.1 Å². The predicted octanol–water partition coefficient (Wildman–Crippen LogP) is 2.84. The Bertz CT molecular complexity index is 764. The van der Waals surface area contributed by atoms with Crippen LogP contribution in [0.15, 0.2) is 29.6 Å². The van der Waals surface area contributed by atoms with Crippen molar-refractivity contribution < 1.29 is 9.53 Å². The Morgan fingerprint density at radius 3 is 2.77 bits per heavy atom. The van der Waals surface area contributed by atoms with E-state index in [0.717, 1.165) is 36.1 Å². The van der Waals surface area contributed by atoms with Gasteiger partial charge >= 0.3 is 0 Å². The number of amides is 1. The topological polar surface area (TPSA) is 54.5 Å². The minimum absolute atomic E-state index is 0. The van der Waals surface area contributed by atoms with Gasteiger partial charge in [0.2, 0.25) is 5.91 Å². The lowest BCUT2D eigenvalue weighted by Gasteiger charge is -2.28. The summed E-state index contributed by atoms with van der Waals surface area (Å²) in [5.74, 6) is 2.04. The number of carbonyl (C=O) groups excluding carboxylic acids is 1. The molecule has 1 amide bonds. The van der Waals surface area contributed by atoms with Crippen LogP contribution in [0.25, 0.3) is 0 Å². The van der Waals surface area contributed by atoms with E-state index in [2.05, 4.69) is 27.3 Å². The Labute approximate surface area is 164 Å². The third kappa shape index (κ3) is 3.59. The van der Waals surface area contributed by atoms with Crippen LogP contribution < -0.4 is 10.1 Å². The van der Waals surface area contributed by atoms with Crippen LogP contribution in [0.4, 0.5) is 0 Å². The van der Waals surface area contributed by atoms with Gasteiger partial charge in [-0.25, -0.2) is 4.98 Å². The van der Waals surface area contributed by atoms with Crippen LogP contribution in [0.2, 0.25) is 0 Å². The van der Waals surface area contributed by atoms with Crippen LogP contribution in [-0.4, -0.2) is 42.5 Å². The van der Waals surface area contributed by atoms with Crippen molar-refractivity contribution in [1.82, 2.24) is 15.2 Å². The molecule has 4 rings (SSSR count). The first-order valence-corrected chi connectivity index (χ1v) is 9.59. The molecule has 2 saturated heterocycles. The zero-order valence-electron chi connectivity index (χ0n) is 15.0. The van der Waals surface area contributed by atoms with E-state index >= 15 is 0 Å². The van der Waals surface area contributed by atoms with Crippen LogP contribution in [0.3, 0.4) is 0 Å². The summed E-state index contributed by atoms with van der Waals surface area (Å²) < 4.78 is 5.27. The first-order valence-electron chi connectivity index (χ1n) is 8.71. The lowest BCUT2D eigenvalue weighted by atomic mass is 9.89. The number of rotatable bonds is 4. The normalized spacial score (nSPS) is 24.2. The van der Waals surface area contributed by atoms with Crippen molar-refractivity contribution in [3.05, 3.63) is 45.9 Å². The molecule has 5 nitrogen and oxygen atoms in total. The summed E-state index contributed by atoms with van der Waals surface area (Å²) in [4.78, 5) is 19.5. The number of likely N-dealkylation sites (tertiary alicyclic amines) is 1. The number of hydrogen-bond donors (Lipinski definition) is 1. The number of aromatic nitrogens is 1. The molecular weight excluding hydrogens is 370 g/mol. The van der Waals surface area contributed by atoms with E-state index < -0.39 is 0 Å². The van der Waals surface area contributed by atoms with Gasteiger partial charge in [0.15, 0.2) is 0 Å². The molecule has 3 heterocycles. The van der Waals surface area contributed by atoms with Gasteiger partial charge in [0.1, 0.15) is 5.75 Å². The van der Waals surface area contributed by atoms with Gasteiger partial charge in [-0.15, -0.1) is 23.7 Å². The van der Waals surface area contributed by atoms with E-state index in [-0.39, 0.29) is 24.4 Å². The monoisotopic (exact) mass is 393 g/mol. The number of nitrogens with zero attached hydrogens (tertiary/aromatic N) is 2. The van der Waals surface area contributed by atoms with Crippen molar-refractivity contribution in [2.75, 3.05) is 26.7 Å².